The third kappa shape index (κ3) is 6.40. The lowest BCUT2D eigenvalue weighted by atomic mass is 9.94. The Bertz CT molecular complexity index is 509. The van der Waals surface area contributed by atoms with Crippen LogP contribution in [0.2, 0.25) is 0 Å². The van der Waals surface area contributed by atoms with Gasteiger partial charge in [0.25, 0.3) is 0 Å². The lowest BCUT2D eigenvalue weighted by molar-refractivity contribution is 0.0978. The van der Waals surface area contributed by atoms with Crippen LogP contribution >= 0.6 is 7.80 Å². The summed E-state index contributed by atoms with van der Waals surface area (Å²) in [5.41, 5.74) is 4.24. The first-order chi connectivity index (χ1) is 10.3. The van der Waals surface area contributed by atoms with Crippen LogP contribution in [-0.4, -0.2) is 18.1 Å². The molecular formula is C19H30O2P+. The maximum atomic E-state index is 12.4. The molecule has 1 rings (SSSR count). The van der Waals surface area contributed by atoms with Crippen molar-refractivity contribution in [3.63, 3.8) is 0 Å². The van der Waals surface area contributed by atoms with Gasteiger partial charge in [0.15, 0.2) is 5.78 Å². The van der Waals surface area contributed by atoms with E-state index in [0.717, 1.165) is 48.3 Å². The van der Waals surface area contributed by atoms with Crippen molar-refractivity contribution in [2.24, 2.45) is 5.92 Å². The molecule has 0 aliphatic carbocycles. The van der Waals surface area contributed by atoms with Gasteiger partial charge in [-0.25, -0.2) is 0 Å². The van der Waals surface area contributed by atoms with Gasteiger partial charge in [0.05, 0.1) is 0 Å². The summed E-state index contributed by atoms with van der Waals surface area (Å²) in [4.78, 5) is 12.4. The Balaban J connectivity index is 2.40. The lowest BCUT2D eigenvalue weighted by Crippen LogP contribution is -2.05. The van der Waals surface area contributed by atoms with Gasteiger partial charge < -0.3 is 0 Å². The summed E-state index contributed by atoms with van der Waals surface area (Å²) in [5, 5.41) is 0. The van der Waals surface area contributed by atoms with E-state index in [1.165, 1.54) is 5.56 Å². The maximum Gasteiger partial charge on any atom is 0.338 e. The van der Waals surface area contributed by atoms with E-state index in [4.69, 9.17) is 0 Å². The maximum absolute atomic E-state index is 12.4. The Kier molecular flexibility index (Phi) is 7.96. The number of carbonyl (C=O) groups excluding carboxylic acids is 1. The molecule has 0 saturated heterocycles. The second kappa shape index (κ2) is 9.20. The lowest BCUT2D eigenvalue weighted by Gasteiger charge is -2.09. The van der Waals surface area contributed by atoms with E-state index in [-0.39, 0.29) is 5.78 Å². The minimum atomic E-state index is -1.08. The van der Waals surface area contributed by atoms with Crippen LogP contribution in [0.3, 0.4) is 0 Å². The molecule has 0 N–H and O–H groups in total. The van der Waals surface area contributed by atoms with Crippen molar-refractivity contribution >= 4 is 13.6 Å². The van der Waals surface area contributed by atoms with Crippen LogP contribution in [0.1, 0.15) is 66.6 Å². The number of rotatable bonds is 9. The van der Waals surface area contributed by atoms with Crippen LogP contribution in [0.5, 0.6) is 0 Å². The predicted molar refractivity (Wildman–Crippen MR) is 95.6 cm³/mol. The van der Waals surface area contributed by atoms with Crippen molar-refractivity contribution < 1.29 is 9.36 Å². The molecular weight excluding hydrogens is 291 g/mol. The molecule has 1 aromatic carbocycles. The molecule has 22 heavy (non-hydrogen) atoms. The molecule has 1 unspecified atom stereocenters. The highest BCUT2D eigenvalue weighted by Gasteiger charge is 2.16. The van der Waals surface area contributed by atoms with Crippen molar-refractivity contribution in [1.82, 2.24) is 0 Å². The summed E-state index contributed by atoms with van der Waals surface area (Å²) in [6.07, 6.45) is 4.93. The van der Waals surface area contributed by atoms with Crippen LogP contribution in [-0.2, 0) is 4.57 Å². The highest BCUT2D eigenvalue weighted by atomic mass is 31.1. The van der Waals surface area contributed by atoms with Gasteiger partial charge in [-0.1, -0.05) is 36.1 Å². The number of hydrogen-bond acceptors (Lipinski definition) is 2. The fraction of sp³-hybridized carbons (Fsp3) is 0.632. The van der Waals surface area contributed by atoms with E-state index >= 15 is 0 Å². The summed E-state index contributed by atoms with van der Waals surface area (Å²) in [6.45, 7) is 10.4. The summed E-state index contributed by atoms with van der Waals surface area (Å²) in [6, 6.07) is 4.14. The van der Waals surface area contributed by atoms with E-state index in [1.54, 1.807) is 0 Å². The zero-order valence-corrected chi connectivity index (χ0v) is 15.6. The highest BCUT2D eigenvalue weighted by Crippen LogP contribution is 2.26. The van der Waals surface area contributed by atoms with Gasteiger partial charge in [0, 0.05) is 12.0 Å². The largest absolute Gasteiger partial charge is 0.338 e. The SMILES string of the molecule is Cc1cc(C)c(C(=O)CCCC[P+](=O)CCC(C)C)c(C)c1. The Hall–Kier alpha value is -1.01. The number of carbonyl (C=O) groups is 1. The van der Waals surface area contributed by atoms with E-state index in [0.29, 0.717) is 12.3 Å². The van der Waals surface area contributed by atoms with Gasteiger partial charge in [-0.3, -0.25) is 4.79 Å². The molecule has 0 aromatic heterocycles. The normalized spacial score (nSPS) is 11.8. The molecule has 3 heteroatoms. The summed E-state index contributed by atoms with van der Waals surface area (Å²) in [7, 11) is -1.08. The molecule has 0 aliphatic rings. The summed E-state index contributed by atoms with van der Waals surface area (Å²) in [5.74, 6) is 0.848. The third-order valence-electron chi connectivity index (χ3n) is 3.97. The molecule has 0 heterocycles. The van der Waals surface area contributed by atoms with Gasteiger partial charge in [0.1, 0.15) is 12.3 Å². The topological polar surface area (TPSA) is 34.1 Å². The molecule has 0 radical (unpaired) electrons. The molecule has 0 saturated carbocycles. The Morgan fingerprint density at radius 2 is 1.64 bits per heavy atom. The average Bonchev–Trinajstić information content (AvgIpc) is 2.40. The number of benzene rings is 1. The number of unbranched alkanes of at least 4 members (excludes halogenated alkanes) is 1. The molecule has 0 bridgehead atoms. The molecule has 0 aliphatic heterocycles. The second-order valence-corrected chi connectivity index (χ2v) is 8.62. The zero-order chi connectivity index (χ0) is 16.7. The molecule has 0 amide bonds. The summed E-state index contributed by atoms with van der Waals surface area (Å²) < 4.78 is 11.9. The average molecular weight is 321 g/mol. The fourth-order valence-corrected chi connectivity index (χ4v) is 4.44. The monoisotopic (exact) mass is 321 g/mol. The Labute approximate surface area is 136 Å². The van der Waals surface area contributed by atoms with Crippen LogP contribution in [0.4, 0.5) is 0 Å². The van der Waals surface area contributed by atoms with Crippen molar-refractivity contribution in [3.8, 4) is 0 Å². The smallest absolute Gasteiger partial charge is 0.294 e. The minimum absolute atomic E-state index is 0.229. The van der Waals surface area contributed by atoms with E-state index in [2.05, 4.69) is 32.9 Å². The predicted octanol–water partition coefficient (Wildman–Crippen LogP) is 5.84. The van der Waals surface area contributed by atoms with Crippen LogP contribution in [0.15, 0.2) is 12.1 Å². The fourth-order valence-electron chi connectivity index (χ4n) is 2.83. The van der Waals surface area contributed by atoms with E-state index in [9.17, 15) is 9.36 Å². The first kappa shape index (κ1) is 19.0. The van der Waals surface area contributed by atoms with Crippen LogP contribution < -0.4 is 0 Å². The first-order valence-corrected chi connectivity index (χ1v) is 9.97. The minimum Gasteiger partial charge on any atom is -0.294 e. The van der Waals surface area contributed by atoms with Gasteiger partial charge in [0.2, 0.25) is 0 Å². The molecule has 1 aromatic rings. The highest BCUT2D eigenvalue weighted by molar-refractivity contribution is 7.44. The molecule has 2 nitrogen and oxygen atoms in total. The van der Waals surface area contributed by atoms with Gasteiger partial charge in [-0.2, -0.15) is 0 Å². The van der Waals surface area contributed by atoms with Crippen molar-refractivity contribution in [3.05, 3.63) is 34.4 Å². The van der Waals surface area contributed by atoms with Crippen LogP contribution in [0.25, 0.3) is 0 Å². The van der Waals surface area contributed by atoms with Crippen molar-refractivity contribution in [1.29, 1.82) is 0 Å². The molecule has 122 valence electrons. The van der Waals surface area contributed by atoms with Crippen molar-refractivity contribution in [2.75, 3.05) is 12.3 Å². The van der Waals surface area contributed by atoms with Gasteiger partial charge in [-0.15, -0.1) is 0 Å². The molecule has 0 fully saturated rings. The standard InChI is InChI=1S/C19H30O2P/c1-14(2)9-11-22(21)10-7-6-8-18(20)19-16(4)12-15(3)13-17(19)5/h12-14H,6-11H2,1-5H3/q+1. The second-order valence-electron chi connectivity index (χ2n) is 6.77. The van der Waals surface area contributed by atoms with Gasteiger partial charge >= 0.3 is 7.80 Å². The van der Waals surface area contributed by atoms with E-state index < -0.39 is 7.80 Å². The third-order valence-corrected chi connectivity index (χ3v) is 5.55. The Morgan fingerprint density at radius 3 is 2.18 bits per heavy atom. The van der Waals surface area contributed by atoms with Crippen LogP contribution in [0, 0.1) is 26.7 Å². The molecule has 1 atom stereocenters. The zero-order valence-electron chi connectivity index (χ0n) is 14.7. The number of ketones is 1. The van der Waals surface area contributed by atoms with Gasteiger partial charge in [-0.05, 0) is 57.1 Å². The Morgan fingerprint density at radius 1 is 1.05 bits per heavy atom. The van der Waals surface area contributed by atoms with E-state index in [1.807, 2.05) is 13.8 Å². The number of hydrogen-bond donors (Lipinski definition) is 0. The first-order valence-electron chi connectivity index (χ1n) is 8.34. The van der Waals surface area contributed by atoms with Crippen molar-refractivity contribution in [2.45, 2.75) is 60.3 Å². The number of aryl methyl sites for hydroxylation is 3. The number of Topliss-reactive ketones (excluding diaryl/α,β-unsaturated/α-hetero) is 1. The molecule has 0 spiro atoms. The quantitative estimate of drug-likeness (QED) is 0.325. The summed E-state index contributed by atoms with van der Waals surface area (Å²) >= 11 is 0.